The number of hydrogen-bond donors (Lipinski definition) is 0. The van der Waals surface area contributed by atoms with E-state index in [9.17, 15) is 0 Å². The Balaban J connectivity index is 2.02. The van der Waals surface area contributed by atoms with Crippen LogP contribution in [0.15, 0.2) is 78.9 Å². The average molecular weight is 341 g/mol. The van der Waals surface area contributed by atoms with Gasteiger partial charge in [-0.2, -0.15) is 0 Å². The third-order valence-corrected chi connectivity index (χ3v) is 5.08. The molecule has 0 bridgehead atoms. The fourth-order valence-electron chi connectivity index (χ4n) is 3.74. The van der Waals surface area contributed by atoms with E-state index in [-0.39, 0.29) is 0 Å². The highest BCUT2D eigenvalue weighted by atomic mass is 14.3. The van der Waals surface area contributed by atoms with Gasteiger partial charge in [0, 0.05) is 0 Å². The molecule has 0 aromatic heterocycles. The quantitative estimate of drug-likeness (QED) is 0.482. The Kier molecular flexibility index (Phi) is 6.07. The first-order chi connectivity index (χ1) is 12.7. The van der Waals surface area contributed by atoms with Gasteiger partial charge in [-0.3, -0.25) is 0 Å². The van der Waals surface area contributed by atoms with Crippen molar-refractivity contribution in [1.29, 1.82) is 0 Å². The van der Waals surface area contributed by atoms with Gasteiger partial charge in [-0.25, -0.2) is 0 Å². The molecule has 0 aliphatic heterocycles. The molecule has 0 amide bonds. The van der Waals surface area contributed by atoms with Crippen molar-refractivity contribution in [2.75, 3.05) is 0 Å². The highest BCUT2D eigenvalue weighted by Gasteiger charge is 2.23. The maximum atomic E-state index is 4.52. The van der Waals surface area contributed by atoms with Crippen molar-refractivity contribution in [3.05, 3.63) is 101 Å². The summed E-state index contributed by atoms with van der Waals surface area (Å²) in [4.78, 5) is 0. The van der Waals surface area contributed by atoms with Crippen LogP contribution in [-0.2, 0) is 6.42 Å². The second-order valence-corrected chi connectivity index (χ2v) is 6.88. The van der Waals surface area contributed by atoms with Gasteiger partial charge in [0.15, 0.2) is 0 Å². The summed E-state index contributed by atoms with van der Waals surface area (Å²) in [5, 5.41) is 0. The molecule has 0 fully saturated rings. The summed E-state index contributed by atoms with van der Waals surface area (Å²) in [6.45, 7) is 8.77. The summed E-state index contributed by atoms with van der Waals surface area (Å²) in [5.41, 5.74) is 7.79. The van der Waals surface area contributed by atoms with E-state index in [1.165, 1.54) is 27.8 Å². The van der Waals surface area contributed by atoms with E-state index < -0.39 is 0 Å². The fourth-order valence-corrected chi connectivity index (χ4v) is 3.74. The van der Waals surface area contributed by atoms with Gasteiger partial charge < -0.3 is 0 Å². The van der Waals surface area contributed by atoms with Gasteiger partial charge in [-0.15, -0.1) is 0 Å². The Morgan fingerprint density at radius 3 is 2.65 bits per heavy atom. The lowest BCUT2D eigenvalue weighted by molar-refractivity contribution is 0.631. The second-order valence-electron chi connectivity index (χ2n) is 6.88. The molecule has 0 saturated heterocycles. The van der Waals surface area contributed by atoms with Gasteiger partial charge >= 0.3 is 0 Å². The van der Waals surface area contributed by atoms with Crippen LogP contribution in [0.1, 0.15) is 48.9 Å². The minimum absolute atomic E-state index is 0.485. The van der Waals surface area contributed by atoms with E-state index >= 15 is 0 Å². The molecule has 0 radical (unpaired) electrons. The first-order valence-corrected chi connectivity index (χ1v) is 9.60. The van der Waals surface area contributed by atoms with Crippen molar-refractivity contribution < 1.29 is 0 Å². The summed E-state index contributed by atoms with van der Waals surface area (Å²) in [6, 6.07) is 17.3. The van der Waals surface area contributed by atoms with Crippen LogP contribution in [0, 0.1) is 5.92 Å². The molecule has 132 valence electrons. The third-order valence-electron chi connectivity index (χ3n) is 5.08. The molecule has 0 heterocycles. The molecule has 1 aliphatic carbocycles. The van der Waals surface area contributed by atoms with E-state index in [4.69, 9.17) is 0 Å². The van der Waals surface area contributed by atoms with Crippen LogP contribution >= 0.6 is 0 Å². The molecule has 0 saturated carbocycles. The van der Waals surface area contributed by atoms with Crippen molar-refractivity contribution in [2.45, 2.75) is 33.1 Å². The summed E-state index contributed by atoms with van der Waals surface area (Å²) in [6.07, 6.45) is 14.5. The zero-order valence-electron chi connectivity index (χ0n) is 15.9. The smallest absolute Gasteiger partial charge is 0.00806 e. The molecule has 0 spiro atoms. The number of rotatable bonds is 6. The topological polar surface area (TPSA) is 0 Å². The third kappa shape index (κ3) is 3.96. The summed E-state index contributed by atoms with van der Waals surface area (Å²) in [5.74, 6) is 0.485. The first kappa shape index (κ1) is 18.2. The normalized spacial score (nSPS) is 16.7. The van der Waals surface area contributed by atoms with Gasteiger partial charge in [0.2, 0.25) is 0 Å². The van der Waals surface area contributed by atoms with Crippen LogP contribution in [-0.4, -0.2) is 0 Å². The molecule has 3 rings (SSSR count). The van der Waals surface area contributed by atoms with Crippen LogP contribution in [0.2, 0.25) is 0 Å². The molecule has 2 aromatic carbocycles. The molecule has 0 nitrogen and oxygen atoms in total. The van der Waals surface area contributed by atoms with Crippen LogP contribution in [0.5, 0.6) is 0 Å². The minimum atomic E-state index is 0.485. The molecule has 26 heavy (non-hydrogen) atoms. The van der Waals surface area contributed by atoms with Crippen LogP contribution in [0.3, 0.4) is 0 Å². The van der Waals surface area contributed by atoms with Crippen LogP contribution in [0.25, 0.3) is 17.7 Å². The number of benzene rings is 2. The fraction of sp³-hybridized carbons (Fsp3) is 0.231. The summed E-state index contributed by atoms with van der Waals surface area (Å²) >= 11 is 0. The van der Waals surface area contributed by atoms with Crippen LogP contribution < -0.4 is 0 Å². The van der Waals surface area contributed by atoms with Gasteiger partial charge in [-0.05, 0) is 65.5 Å². The van der Waals surface area contributed by atoms with Crippen molar-refractivity contribution in [1.82, 2.24) is 0 Å². The standard InChI is InChI=1S/C26H28/c1-4-6-7-16-24-18-22-14-8-9-15-23(22)19-26(24)20(3)25-17-11-10-13-21(25)12-5-2/h5-15,17,19,24H,3-4,16,18H2,1-2H3/b7-6?,12-5-. The Labute approximate surface area is 158 Å². The maximum Gasteiger partial charge on any atom is -0.00806 e. The van der Waals surface area contributed by atoms with Gasteiger partial charge in [-0.1, -0.05) is 92.4 Å². The SMILES string of the molecule is C=C(C1=Cc2ccccc2CC1CC=CCC)c1ccccc1/C=C\C. The Morgan fingerprint density at radius 1 is 1.08 bits per heavy atom. The number of fused-ring (bicyclic) bond motifs is 1. The van der Waals surface area contributed by atoms with Crippen molar-refractivity contribution in [3.8, 4) is 0 Å². The Morgan fingerprint density at radius 2 is 1.85 bits per heavy atom. The van der Waals surface area contributed by atoms with E-state index in [0.717, 1.165) is 24.8 Å². The zero-order chi connectivity index (χ0) is 18.4. The van der Waals surface area contributed by atoms with Crippen molar-refractivity contribution in [3.63, 3.8) is 0 Å². The lowest BCUT2D eigenvalue weighted by atomic mass is 9.77. The highest BCUT2D eigenvalue weighted by Crippen LogP contribution is 2.39. The van der Waals surface area contributed by atoms with Crippen molar-refractivity contribution >= 4 is 17.7 Å². The van der Waals surface area contributed by atoms with Gasteiger partial charge in [0.25, 0.3) is 0 Å². The number of allylic oxidation sites excluding steroid dienone is 5. The highest BCUT2D eigenvalue weighted by molar-refractivity contribution is 5.88. The summed E-state index contributed by atoms with van der Waals surface area (Å²) in [7, 11) is 0. The Bertz CT molecular complexity index is 861. The van der Waals surface area contributed by atoms with E-state index in [1.807, 2.05) is 0 Å². The molecule has 0 N–H and O–H groups in total. The molecular formula is C26H28. The first-order valence-electron chi connectivity index (χ1n) is 9.60. The number of hydrogen-bond acceptors (Lipinski definition) is 0. The maximum absolute atomic E-state index is 4.52. The lowest BCUT2D eigenvalue weighted by Gasteiger charge is -2.27. The van der Waals surface area contributed by atoms with Crippen molar-refractivity contribution in [2.24, 2.45) is 5.92 Å². The second kappa shape index (κ2) is 8.67. The molecule has 1 atom stereocenters. The molecular weight excluding hydrogens is 312 g/mol. The zero-order valence-corrected chi connectivity index (χ0v) is 15.9. The van der Waals surface area contributed by atoms with Crippen LogP contribution in [0.4, 0.5) is 0 Å². The Hall–Kier alpha value is -2.60. The largest absolute Gasteiger partial charge is 0.0908 e. The molecule has 1 unspecified atom stereocenters. The minimum Gasteiger partial charge on any atom is -0.0908 e. The monoisotopic (exact) mass is 340 g/mol. The van der Waals surface area contributed by atoms with Gasteiger partial charge in [0.05, 0.1) is 0 Å². The molecule has 1 aliphatic rings. The molecule has 0 heteroatoms. The molecule has 2 aromatic rings. The van der Waals surface area contributed by atoms with Gasteiger partial charge in [0.1, 0.15) is 0 Å². The van der Waals surface area contributed by atoms with E-state index in [1.54, 1.807) is 0 Å². The van der Waals surface area contributed by atoms with E-state index in [0.29, 0.717) is 5.92 Å². The predicted molar refractivity (Wildman–Crippen MR) is 116 cm³/mol. The average Bonchev–Trinajstić information content (AvgIpc) is 2.68. The lowest BCUT2D eigenvalue weighted by Crippen LogP contribution is -2.14. The van der Waals surface area contributed by atoms with E-state index in [2.05, 4.69) is 99.3 Å². The predicted octanol–water partition coefficient (Wildman–Crippen LogP) is 7.35. The summed E-state index contributed by atoms with van der Waals surface area (Å²) < 4.78 is 0.